The molecule has 2 heterocycles. The zero-order chi connectivity index (χ0) is 16.2. The average Bonchev–Trinajstić information content (AvgIpc) is 2.56. The summed E-state index contributed by atoms with van der Waals surface area (Å²) in [7, 11) is 0. The third-order valence-corrected chi connectivity index (χ3v) is 6.35. The molecule has 128 valence electrons. The molecule has 2 atom stereocenters. The van der Waals surface area contributed by atoms with E-state index in [1.54, 1.807) is 0 Å². The van der Waals surface area contributed by atoms with Crippen LogP contribution >= 0.6 is 0 Å². The summed E-state index contributed by atoms with van der Waals surface area (Å²) in [5, 5.41) is 0. The van der Waals surface area contributed by atoms with Crippen molar-refractivity contribution in [2.24, 2.45) is 17.3 Å². The van der Waals surface area contributed by atoms with E-state index in [0.717, 1.165) is 25.4 Å². The molecule has 0 aromatic heterocycles. The molecule has 0 aromatic rings. The van der Waals surface area contributed by atoms with E-state index >= 15 is 0 Å². The van der Waals surface area contributed by atoms with E-state index in [1.165, 1.54) is 51.7 Å². The third kappa shape index (κ3) is 4.24. The molecule has 0 aliphatic carbocycles. The minimum Gasteiger partial charge on any atom is -0.342 e. The Bertz CT molecular complexity index is 350. The molecule has 1 spiro atoms. The van der Waals surface area contributed by atoms with Crippen LogP contribution in [-0.2, 0) is 4.79 Å². The molecule has 3 heteroatoms. The lowest BCUT2D eigenvalue weighted by atomic mass is 9.71. The lowest BCUT2D eigenvalue weighted by Gasteiger charge is -2.47. The quantitative estimate of drug-likeness (QED) is 0.771. The average molecular weight is 309 g/mol. The highest BCUT2D eigenvalue weighted by molar-refractivity contribution is 5.78. The van der Waals surface area contributed by atoms with Crippen LogP contribution in [0, 0.1) is 17.3 Å². The predicted molar refractivity (Wildman–Crippen MR) is 92.8 cm³/mol. The first kappa shape index (κ1) is 17.8. The van der Waals surface area contributed by atoms with Crippen LogP contribution in [0.15, 0.2) is 0 Å². The highest BCUT2D eigenvalue weighted by Gasteiger charge is 2.38. The highest BCUT2D eigenvalue weighted by Crippen LogP contribution is 2.41. The molecule has 2 unspecified atom stereocenters. The van der Waals surface area contributed by atoms with Crippen LogP contribution in [0.1, 0.15) is 66.2 Å². The van der Waals surface area contributed by atoms with Gasteiger partial charge in [-0.2, -0.15) is 0 Å². The smallest absolute Gasteiger partial charge is 0.225 e. The summed E-state index contributed by atoms with van der Waals surface area (Å²) < 4.78 is 0. The largest absolute Gasteiger partial charge is 0.342 e. The maximum Gasteiger partial charge on any atom is 0.225 e. The van der Waals surface area contributed by atoms with E-state index in [1.807, 2.05) is 0 Å². The first-order chi connectivity index (χ1) is 10.5. The summed E-state index contributed by atoms with van der Waals surface area (Å²) in [6, 6.07) is 0. The summed E-state index contributed by atoms with van der Waals surface area (Å²) in [6.07, 6.45) is 7.39. The van der Waals surface area contributed by atoms with Crippen molar-refractivity contribution in [2.45, 2.75) is 66.2 Å². The van der Waals surface area contributed by atoms with Gasteiger partial charge >= 0.3 is 0 Å². The molecule has 2 rings (SSSR count). The molecule has 1 amide bonds. The van der Waals surface area contributed by atoms with Crippen molar-refractivity contribution < 1.29 is 4.79 Å². The number of amides is 1. The minimum absolute atomic E-state index is 0.200. The van der Waals surface area contributed by atoms with Crippen LogP contribution in [-0.4, -0.2) is 48.4 Å². The maximum absolute atomic E-state index is 12.3. The normalized spacial score (nSPS) is 25.2. The lowest BCUT2D eigenvalue weighted by molar-refractivity contribution is -0.138. The van der Waals surface area contributed by atoms with Crippen LogP contribution in [0.25, 0.3) is 0 Å². The van der Waals surface area contributed by atoms with E-state index in [4.69, 9.17) is 0 Å². The van der Waals surface area contributed by atoms with E-state index in [-0.39, 0.29) is 5.92 Å². The van der Waals surface area contributed by atoms with Gasteiger partial charge in [0.2, 0.25) is 5.91 Å². The predicted octanol–water partition coefficient (Wildman–Crippen LogP) is 3.78. The van der Waals surface area contributed by atoms with E-state index in [9.17, 15) is 4.79 Å². The second-order valence-electron chi connectivity index (χ2n) is 7.95. The second-order valence-corrected chi connectivity index (χ2v) is 7.95. The first-order valence-corrected chi connectivity index (χ1v) is 9.51. The molecule has 2 fully saturated rings. The van der Waals surface area contributed by atoms with Crippen molar-refractivity contribution in [2.75, 3.05) is 32.7 Å². The molecule has 0 saturated carbocycles. The van der Waals surface area contributed by atoms with Crippen LogP contribution in [0.3, 0.4) is 0 Å². The number of carbonyl (C=O) groups is 1. The van der Waals surface area contributed by atoms with Gasteiger partial charge in [-0.05, 0) is 56.5 Å². The Morgan fingerprint density at radius 2 is 1.50 bits per heavy atom. The summed E-state index contributed by atoms with van der Waals surface area (Å²) in [4.78, 5) is 17.1. The van der Waals surface area contributed by atoms with Crippen molar-refractivity contribution in [3.63, 3.8) is 0 Å². The molecule has 2 aliphatic rings. The topological polar surface area (TPSA) is 23.6 Å². The molecule has 3 nitrogen and oxygen atoms in total. The fraction of sp³-hybridized carbons (Fsp3) is 0.947. The molecule has 0 radical (unpaired) electrons. The van der Waals surface area contributed by atoms with Crippen molar-refractivity contribution in [3.05, 3.63) is 0 Å². The Kier molecular flexibility index (Phi) is 6.31. The van der Waals surface area contributed by atoms with Crippen molar-refractivity contribution >= 4 is 5.91 Å². The number of carbonyl (C=O) groups excluding carboxylic acids is 1. The summed E-state index contributed by atoms with van der Waals surface area (Å²) in [5.74, 6) is 1.40. The van der Waals surface area contributed by atoms with Gasteiger partial charge in [-0.25, -0.2) is 0 Å². The molecular formula is C19H36N2O. The van der Waals surface area contributed by atoms with Gasteiger partial charge in [0.25, 0.3) is 0 Å². The summed E-state index contributed by atoms with van der Waals surface area (Å²) in [6.45, 7) is 14.6. The summed E-state index contributed by atoms with van der Waals surface area (Å²) >= 11 is 0. The van der Waals surface area contributed by atoms with E-state index < -0.39 is 0 Å². The fourth-order valence-corrected chi connectivity index (χ4v) is 3.97. The Morgan fingerprint density at radius 1 is 0.955 bits per heavy atom. The minimum atomic E-state index is 0.200. The van der Waals surface area contributed by atoms with Gasteiger partial charge in [0.15, 0.2) is 0 Å². The van der Waals surface area contributed by atoms with Gasteiger partial charge in [0.1, 0.15) is 0 Å². The molecule has 22 heavy (non-hydrogen) atoms. The number of hydrogen-bond acceptors (Lipinski definition) is 2. The van der Waals surface area contributed by atoms with Crippen LogP contribution in [0.4, 0.5) is 0 Å². The van der Waals surface area contributed by atoms with E-state index in [2.05, 4.69) is 37.5 Å². The van der Waals surface area contributed by atoms with Crippen LogP contribution in [0.5, 0.6) is 0 Å². The summed E-state index contributed by atoms with van der Waals surface area (Å²) in [5.41, 5.74) is 0.540. The third-order valence-electron chi connectivity index (χ3n) is 6.35. The maximum atomic E-state index is 12.3. The lowest BCUT2D eigenvalue weighted by Crippen LogP contribution is -2.49. The van der Waals surface area contributed by atoms with Crippen molar-refractivity contribution in [1.82, 2.24) is 9.80 Å². The van der Waals surface area contributed by atoms with Gasteiger partial charge in [-0.15, -0.1) is 0 Å². The van der Waals surface area contributed by atoms with Gasteiger partial charge in [-0.1, -0.05) is 34.1 Å². The van der Waals surface area contributed by atoms with Crippen molar-refractivity contribution in [3.8, 4) is 0 Å². The number of piperidine rings is 2. The Morgan fingerprint density at radius 3 is 2.00 bits per heavy atom. The Hall–Kier alpha value is -0.570. The molecule has 0 aromatic carbocycles. The SMILES string of the molecule is CCC(C)CN1CCC2(CC1)CCN(C(=O)C(C)CC)CC2. The molecule has 0 N–H and O–H groups in total. The van der Waals surface area contributed by atoms with Gasteiger partial charge in [-0.3, -0.25) is 4.79 Å². The Balaban J connectivity index is 1.78. The van der Waals surface area contributed by atoms with Crippen molar-refractivity contribution in [1.29, 1.82) is 0 Å². The van der Waals surface area contributed by atoms with E-state index in [0.29, 0.717) is 11.3 Å². The number of nitrogens with zero attached hydrogens (tertiary/aromatic N) is 2. The fourth-order valence-electron chi connectivity index (χ4n) is 3.97. The Labute approximate surface area is 137 Å². The first-order valence-electron chi connectivity index (χ1n) is 9.51. The monoisotopic (exact) mass is 308 g/mol. The standard InChI is InChI=1S/C19H36N2O/c1-5-16(3)15-20-11-7-19(8-12-20)9-13-21(14-10-19)18(22)17(4)6-2/h16-17H,5-15H2,1-4H3. The van der Waals surface area contributed by atoms with Gasteiger partial charge in [0, 0.05) is 25.6 Å². The molecular weight excluding hydrogens is 272 g/mol. The molecule has 2 aliphatic heterocycles. The number of likely N-dealkylation sites (tertiary alicyclic amines) is 2. The molecule has 0 bridgehead atoms. The molecule has 2 saturated heterocycles. The van der Waals surface area contributed by atoms with Crippen LogP contribution < -0.4 is 0 Å². The second kappa shape index (κ2) is 7.81. The van der Waals surface area contributed by atoms with Crippen LogP contribution in [0.2, 0.25) is 0 Å². The zero-order valence-corrected chi connectivity index (χ0v) is 15.2. The highest BCUT2D eigenvalue weighted by atomic mass is 16.2. The van der Waals surface area contributed by atoms with Gasteiger partial charge in [0.05, 0.1) is 0 Å². The number of rotatable bonds is 5. The number of hydrogen-bond donors (Lipinski definition) is 0. The zero-order valence-electron chi connectivity index (χ0n) is 15.2. The van der Waals surface area contributed by atoms with Gasteiger partial charge < -0.3 is 9.80 Å².